The quantitative estimate of drug-likeness (QED) is 0.830. The largest absolute Gasteiger partial charge is 0.399 e. The topological polar surface area (TPSA) is 55.1 Å². The Morgan fingerprint density at radius 1 is 1.24 bits per heavy atom. The normalized spacial score (nSPS) is 11.9. The molecule has 3 N–H and O–H groups in total. The van der Waals surface area contributed by atoms with Crippen LogP contribution in [-0.4, -0.2) is 11.9 Å². The summed E-state index contributed by atoms with van der Waals surface area (Å²) in [5, 5.41) is 2.81. The molecule has 0 saturated carbocycles. The van der Waals surface area contributed by atoms with Crippen LogP contribution in [-0.2, 0) is 6.42 Å². The number of carbonyl (C=O) groups is 1. The molecular weight excluding hydrogens is 267 g/mol. The minimum absolute atomic E-state index is 0.0239. The van der Waals surface area contributed by atoms with Crippen molar-refractivity contribution in [1.82, 2.24) is 5.32 Å². The van der Waals surface area contributed by atoms with Crippen LogP contribution in [0.2, 0.25) is 0 Å². The molecule has 0 radical (unpaired) electrons. The summed E-state index contributed by atoms with van der Waals surface area (Å²) in [5.41, 5.74) is 7.02. The zero-order chi connectivity index (χ0) is 15.2. The summed E-state index contributed by atoms with van der Waals surface area (Å²) in [7, 11) is 0. The molecule has 0 spiro atoms. The molecule has 0 aromatic heterocycles. The monoisotopic (exact) mass is 286 g/mol. The minimum atomic E-state index is -0.595. The van der Waals surface area contributed by atoms with Gasteiger partial charge in [0.1, 0.15) is 5.82 Å². The number of nitrogens with two attached hydrogens (primary N) is 1. The van der Waals surface area contributed by atoms with E-state index in [-0.39, 0.29) is 11.6 Å². The first-order chi connectivity index (χ1) is 10.1. The maximum absolute atomic E-state index is 13.7. The molecule has 2 aromatic carbocycles. The van der Waals surface area contributed by atoms with Crippen LogP contribution in [0.25, 0.3) is 0 Å². The number of amides is 1. The first-order valence-electron chi connectivity index (χ1n) is 6.96. The van der Waals surface area contributed by atoms with Crippen molar-refractivity contribution in [3.8, 4) is 0 Å². The molecule has 21 heavy (non-hydrogen) atoms. The van der Waals surface area contributed by atoms with Gasteiger partial charge < -0.3 is 11.1 Å². The van der Waals surface area contributed by atoms with E-state index in [0.717, 1.165) is 18.9 Å². The fourth-order valence-corrected chi connectivity index (χ4v) is 2.12. The Morgan fingerprint density at radius 2 is 1.95 bits per heavy atom. The van der Waals surface area contributed by atoms with Crippen molar-refractivity contribution in [1.29, 1.82) is 0 Å². The van der Waals surface area contributed by atoms with Gasteiger partial charge in [0.05, 0.1) is 5.56 Å². The Morgan fingerprint density at radius 3 is 2.62 bits per heavy atom. The zero-order valence-corrected chi connectivity index (χ0v) is 12.0. The van der Waals surface area contributed by atoms with Gasteiger partial charge in [-0.3, -0.25) is 4.79 Å². The van der Waals surface area contributed by atoms with Crippen molar-refractivity contribution in [3.63, 3.8) is 0 Å². The molecule has 1 unspecified atom stereocenters. The third-order valence-corrected chi connectivity index (χ3v) is 3.32. The molecule has 3 nitrogen and oxygen atoms in total. The van der Waals surface area contributed by atoms with Crippen molar-refractivity contribution in [2.24, 2.45) is 0 Å². The molecule has 0 aliphatic rings. The Bertz CT molecular complexity index is 613. The molecule has 110 valence electrons. The lowest BCUT2D eigenvalue weighted by Gasteiger charge is -2.14. The maximum Gasteiger partial charge on any atom is 0.254 e. The average Bonchev–Trinajstić information content (AvgIpc) is 2.46. The Hall–Kier alpha value is -2.36. The molecule has 0 saturated heterocycles. The van der Waals surface area contributed by atoms with Gasteiger partial charge >= 0.3 is 0 Å². The van der Waals surface area contributed by atoms with Gasteiger partial charge in [-0.15, -0.1) is 0 Å². The van der Waals surface area contributed by atoms with E-state index in [0.29, 0.717) is 5.69 Å². The van der Waals surface area contributed by atoms with E-state index in [2.05, 4.69) is 5.32 Å². The first-order valence-corrected chi connectivity index (χ1v) is 6.96. The minimum Gasteiger partial charge on any atom is -0.399 e. The van der Waals surface area contributed by atoms with Crippen molar-refractivity contribution in [2.45, 2.75) is 25.8 Å². The van der Waals surface area contributed by atoms with E-state index in [1.54, 1.807) is 0 Å². The predicted molar refractivity (Wildman–Crippen MR) is 82.5 cm³/mol. The Kier molecular flexibility index (Phi) is 4.93. The molecular formula is C17H19FN2O. The van der Waals surface area contributed by atoms with E-state index >= 15 is 0 Å². The van der Waals surface area contributed by atoms with E-state index in [1.807, 2.05) is 37.3 Å². The number of hydrogen-bond acceptors (Lipinski definition) is 2. The summed E-state index contributed by atoms with van der Waals surface area (Å²) in [6, 6.07) is 14.1. The smallest absolute Gasteiger partial charge is 0.254 e. The van der Waals surface area contributed by atoms with Gasteiger partial charge in [-0.05, 0) is 43.5 Å². The van der Waals surface area contributed by atoms with Gasteiger partial charge in [-0.2, -0.15) is 0 Å². The van der Waals surface area contributed by atoms with Gasteiger partial charge in [0, 0.05) is 11.7 Å². The molecule has 0 bridgehead atoms. The Balaban J connectivity index is 1.90. The van der Waals surface area contributed by atoms with E-state index in [4.69, 9.17) is 5.73 Å². The standard InChI is InChI=1S/C17H19FN2O/c1-12(7-8-13-5-3-2-4-6-13)20-17(21)15-10-9-14(19)11-16(15)18/h2-6,9-12H,7-8,19H2,1H3,(H,20,21). The summed E-state index contributed by atoms with van der Waals surface area (Å²) >= 11 is 0. The van der Waals surface area contributed by atoms with Crippen molar-refractivity contribution < 1.29 is 9.18 Å². The van der Waals surface area contributed by atoms with Crippen LogP contribution in [0.5, 0.6) is 0 Å². The van der Waals surface area contributed by atoms with Crippen molar-refractivity contribution >= 4 is 11.6 Å². The highest BCUT2D eigenvalue weighted by Gasteiger charge is 2.14. The number of halogens is 1. The van der Waals surface area contributed by atoms with Crippen LogP contribution in [0.1, 0.15) is 29.3 Å². The van der Waals surface area contributed by atoms with Gasteiger partial charge in [0.2, 0.25) is 0 Å². The number of rotatable bonds is 5. The van der Waals surface area contributed by atoms with Gasteiger partial charge in [0.15, 0.2) is 0 Å². The van der Waals surface area contributed by atoms with Crippen molar-refractivity contribution in [3.05, 3.63) is 65.5 Å². The maximum atomic E-state index is 13.7. The summed E-state index contributed by atoms with van der Waals surface area (Å²) < 4.78 is 13.7. The van der Waals surface area contributed by atoms with E-state index in [9.17, 15) is 9.18 Å². The van der Waals surface area contributed by atoms with Crippen LogP contribution < -0.4 is 11.1 Å². The van der Waals surface area contributed by atoms with Crippen LogP contribution >= 0.6 is 0 Å². The molecule has 0 aliphatic carbocycles. The number of carbonyl (C=O) groups excluding carboxylic acids is 1. The lowest BCUT2D eigenvalue weighted by molar-refractivity contribution is 0.0934. The van der Waals surface area contributed by atoms with Gasteiger partial charge in [-0.25, -0.2) is 4.39 Å². The average molecular weight is 286 g/mol. The third kappa shape index (κ3) is 4.31. The van der Waals surface area contributed by atoms with Crippen LogP contribution in [0.4, 0.5) is 10.1 Å². The van der Waals surface area contributed by atoms with Crippen LogP contribution in [0, 0.1) is 5.82 Å². The molecule has 1 amide bonds. The fourth-order valence-electron chi connectivity index (χ4n) is 2.12. The van der Waals surface area contributed by atoms with E-state index in [1.165, 1.54) is 17.7 Å². The molecule has 4 heteroatoms. The number of anilines is 1. The van der Waals surface area contributed by atoms with Gasteiger partial charge in [0.25, 0.3) is 5.91 Å². The second kappa shape index (κ2) is 6.88. The molecule has 0 aliphatic heterocycles. The molecule has 1 atom stereocenters. The highest BCUT2D eigenvalue weighted by Crippen LogP contribution is 2.12. The second-order valence-electron chi connectivity index (χ2n) is 5.14. The number of hydrogen-bond donors (Lipinski definition) is 2. The molecule has 2 rings (SSSR count). The third-order valence-electron chi connectivity index (χ3n) is 3.32. The number of aryl methyl sites for hydroxylation is 1. The first kappa shape index (κ1) is 15.0. The van der Waals surface area contributed by atoms with Crippen LogP contribution in [0.15, 0.2) is 48.5 Å². The highest BCUT2D eigenvalue weighted by molar-refractivity contribution is 5.94. The zero-order valence-electron chi connectivity index (χ0n) is 12.0. The summed E-state index contributed by atoms with van der Waals surface area (Å²) in [6.07, 6.45) is 1.67. The van der Waals surface area contributed by atoms with Crippen LogP contribution in [0.3, 0.4) is 0 Å². The van der Waals surface area contributed by atoms with Gasteiger partial charge in [-0.1, -0.05) is 30.3 Å². The predicted octanol–water partition coefficient (Wildman–Crippen LogP) is 3.16. The summed E-state index contributed by atoms with van der Waals surface area (Å²) in [5.74, 6) is -1.00. The SMILES string of the molecule is CC(CCc1ccccc1)NC(=O)c1ccc(N)cc1F. The summed E-state index contributed by atoms with van der Waals surface area (Å²) in [4.78, 5) is 12.0. The van der Waals surface area contributed by atoms with Crippen molar-refractivity contribution in [2.75, 3.05) is 5.73 Å². The van der Waals surface area contributed by atoms with E-state index < -0.39 is 11.7 Å². The lowest BCUT2D eigenvalue weighted by atomic mass is 10.1. The molecule has 2 aromatic rings. The Labute approximate surface area is 124 Å². The highest BCUT2D eigenvalue weighted by atomic mass is 19.1. The fraction of sp³-hybridized carbons (Fsp3) is 0.235. The molecule has 0 fully saturated rings. The number of benzene rings is 2. The lowest BCUT2D eigenvalue weighted by Crippen LogP contribution is -2.33. The molecule has 0 heterocycles. The number of nitrogen functional groups attached to an aromatic ring is 1. The second-order valence-corrected chi connectivity index (χ2v) is 5.14. The summed E-state index contributed by atoms with van der Waals surface area (Å²) in [6.45, 7) is 1.91. The number of nitrogens with one attached hydrogen (secondary N) is 1.